The molecule has 0 saturated heterocycles. The number of rotatable bonds is 3. The second-order valence-corrected chi connectivity index (χ2v) is 12.8. The van der Waals surface area contributed by atoms with Crippen molar-refractivity contribution in [3.63, 3.8) is 0 Å². The van der Waals surface area contributed by atoms with Gasteiger partial charge in [-0.15, -0.1) is 0 Å². The van der Waals surface area contributed by atoms with Crippen LogP contribution in [0.5, 0.6) is 11.5 Å². The third kappa shape index (κ3) is 3.68. The molecule has 0 aromatic heterocycles. The molecular formula is C44H32O. The highest BCUT2D eigenvalue weighted by molar-refractivity contribution is 5.95. The molecule has 1 heterocycles. The van der Waals surface area contributed by atoms with E-state index >= 15 is 0 Å². The average Bonchev–Trinajstić information content (AvgIpc) is 3.35. The highest BCUT2D eigenvalue weighted by Gasteiger charge is 2.42. The molecule has 7 aromatic rings. The van der Waals surface area contributed by atoms with Crippen LogP contribution in [0, 0.1) is 0 Å². The summed E-state index contributed by atoms with van der Waals surface area (Å²) >= 11 is 0. The van der Waals surface area contributed by atoms with E-state index in [0.29, 0.717) is 0 Å². The molecule has 1 nitrogen and oxygen atoms in total. The Morgan fingerprint density at radius 3 is 1.60 bits per heavy atom. The van der Waals surface area contributed by atoms with E-state index in [1.807, 2.05) is 0 Å². The SMILES string of the molecule is CC1(c2ccccc2)c2ccccc2Oc2ccc(-c3ccc4c(c3)C(C)(c3ccccc3)c3cc5ccccc5cc3-4)cc21. The topological polar surface area (TPSA) is 9.23 Å². The van der Waals surface area contributed by atoms with E-state index in [1.54, 1.807) is 0 Å². The summed E-state index contributed by atoms with van der Waals surface area (Å²) in [6, 6.07) is 57.6. The Morgan fingerprint density at radius 2 is 0.889 bits per heavy atom. The van der Waals surface area contributed by atoms with Crippen molar-refractivity contribution in [2.24, 2.45) is 0 Å². The fourth-order valence-electron chi connectivity index (χ4n) is 7.98. The quantitative estimate of drug-likeness (QED) is 0.203. The molecule has 7 aromatic carbocycles. The first-order valence-electron chi connectivity index (χ1n) is 15.8. The number of hydrogen-bond acceptors (Lipinski definition) is 1. The van der Waals surface area contributed by atoms with Gasteiger partial charge >= 0.3 is 0 Å². The van der Waals surface area contributed by atoms with E-state index in [4.69, 9.17) is 4.74 Å². The Bertz CT molecular complexity index is 2270. The fraction of sp³-hybridized carbons (Fsp3) is 0.0909. The molecule has 1 aliphatic carbocycles. The molecule has 45 heavy (non-hydrogen) atoms. The first-order valence-corrected chi connectivity index (χ1v) is 15.8. The maximum Gasteiger partial charge on any atom is 0.131 e. The van der Waals surface area contributed by atoms with Crippen molar-refractivity contribution in [2.75, 3.05) is 0 Å². The second kappa shape index (κ2) is 9.55. The third-order valence-electron chi connectivity index (χ3n) is 10.5. The monoisotopic (exact) mass is 576 g/mol. The van der Waals surface area contributed by atoms with E-state index in [1.165, 1.54) is 66.4 Å². The molecule has 0 radical (unpaired) electrons. The van der Waals surface area contributed by atoms with Gasteiger partial charge in [0.25, 0.3) is 0 Å². The van der Waals surface area contributed by atoms with Crippen LogP contribution in [0.3, 0.4) is 0 Å². The molecule has 0 spiro atoms. The largest absolute Gasteiger partial charge is 0.457 e. The summed E-state index contributed by atoms with van der Waals surface area (Å²) in [7, 11) is 0. The summed E-state index contributed by atoms with van der Waals surface area (Å²) < 4.78 is 6.53. The van der Waals surface area contributed by atoms with Crippen molar-refractivity contribution >= 4 is 10.8 Å². The maximum atomic E-state index is 6.53. The maximum absolute atomic E-state index is 6.53. The number of benzene rings is 7. The lowest BCUT2D eigenvalue weighted by molar-refractivity contribution is 0.427. The van der Waals surface area contributed by atoms with Crippen molar-refractivity contribution in [1.29, 1.82) is 0 Å². The number of fused-ring (bicyclic) bond motifs is 6. The van der Waals surface area contributed by atoms with Crippen LogP contribution in [0.15, 0.2) is 158 Å². The summed E-state index contributed by atoms with van der Waals surface area (Å²) in [5.74, 6) is 1.84. The Morgan fingerprint density at radius 1 is 0.378 bits per heavy atom. The zero-order chi connectivity index (χ0) is 30.2. The fourth-order valence-corrected chi connectivity index (χ4v) is 7.98. The Labute approximate surface area is 264 Å². The van der Waals surface area contributed by atoms with E-state index in [0.717, 1.165) is 11.5 Å². The molecule has 2 unspecified atom stereocenters. The summed E-state index contributed by atoms with van der Waals surface area (Å²) in [4.78, 5) is 0. The Balaban J connectivity index is 1.25. The third-order valence-corrected chi connectivity index (χ3v) is 10.5. The molecule has 0 N–H and O–H groups in total. The van der Waals surface area contributed by atoms with Gasteiger partial charge < -0.3 is 4.74 Å². The van der Waals surface area contributed by atoms with E-state index in [9.17, 15) is 0 Å². The zero-order valence-corrected chi connectivity index (χ0v) is 25.4. The molecule has 0 saturated carbocycles. The van der Waals surface area contributed by atoms with Gasteiger partial charge in [0.05, 0.1) is 0 Å². The van der Waals surface area contributed by atoms with Gasteiger partial charge in [0.15, 0.2) is 0 Å². The van der Waals surface area contributed by atoms with Gasteiger partial charge in [-0.2, -0.15) is 0 Å². The molecule has 1 heteroatoms. The lowest BCUT2D eigenvalue weighted by Crippen LogP contribution is -2.29. The van der Waals surface area contributed by atoms with Gasteiger partial charge in [0.1, 0.15) is 11.5 Å². The van der Waals surface area contributed by atoms with Crippen molar-refractivity contribution in [3.05, 3.63) is 191 Å². The average molecular weight is 577 g/mol. The van der Waals surface area contributed by atoms with Crippen LogP contribution in [0.2, 0.25) is 0 Å². The van der Waals surface area contributed by atoms with Crippen molar-refractivity contribution in [3.8, 4) is 33.8 Å². The van der Waals surface area contributed by atoms with Crippen LogP contribution in [0.4, 0.5) is 0 Å². The van der Waals surface area contributed by atoms with Crippen LogP contribution in [-0.2, 0) is 10.8 Å². The van der Waals surface area contributed by atoms with Gasteiger partial charge in [0, 0.05) is 22.0 Å². The van der Waals surface area contributed by atoms with Gasteiger partial charge in [0.2, 0.25) is 0 Å². The minimum absolute atomic E-state index is 0.277. The van der Waals surface area contributed by atoms with Gasteiger partial charge in [-0.05, 0) is 106 Å². The highest BCUT2D eigenvalue weighted by atomic mass is 16.5. The minimum atomic E-state index is -0.354. The first kappa shape index (κ1) is 26.0. The van der Waals surface area contributed by atoms with Crippen molar-refractivity contribution in [2.45, 2.75) is 24.7 Å². The highest BCUT2D eigenvalue weighted by Crippen LogP contribution is 2.55. The lowest BCUT2D eigenvalue weighted by Gasteiger charge is -2.38. The molecular weight excluding hydrogens is 544 g/mol. The van der Waals surface area contributed by atoms with E-state index in [2.05, 4.69) is 172 Å². The van der Waals surface area contributed by atoms with Crippen LogP contribution in [0.1, 0.15) is 47.2 Å². The first-order chi connectivity index (χ1) is 22.0. The van der Waals surface area contributed by atoms with Gasteiger partial charge in [-0.3, -0.25) is 0 Å². The normalized spacial score (nSPS) is 19.2. The molecule has 2 aliphatic rings. The Hall–Kier alpha value is -5.40. The smallest absolute Gasteiger partial charge is 0.131 e. The summed E-state index contributed by atoms with van der Waals surface area (Å²) in [5.41, 5.74) is 12.1. The Kier molecular flexibility index (Phi) is 5.53. The minimum Gasteiger partial charge on any atom is -0.457 e. The molecule has 0 bridgehead atoms. The van der Waals surface area contributed by atoms with Gasteiger partial charge in [-0.25, -0.2) is 0 Å². The van der Waals surface area contributed by atoms with E-state index in [-0.39, 0.29) is 10.8 Å². The molecule has 1 aliphatic heterocycles. The molecule has 0 amide bonds. The molecule has 2 atom stereocenters. The lowest BCUT2D eigenvalue weighted by atomic mass is 9.69. The predicted molar refractivity (Wildman–Crippen MR) is 185 cm³/mol. The molecule has 0 fully saturated rings. The van der Waals surface area contributed by atoms with Crippen molar-refractivity contribution < 1.29 is 4.74 Å². The van der Waals surface area contributed by atoms with Crippen LogP contribution in [0.25, 0.3) is 33.0 Å². The standard InChI is InChI=1S/C44H32O/c1-43(33-15-5-3-6-16-33)37-19-11-12-20-41(37)45-42-24-22-32(28-40(42)43)31-21-23-35-36-25-29-13-9-10-14-30(29)26-39(36)44(2,38(35)27-31)34-17-7-4-8-18-34/h3-28H,1-2H3. The van der Waals surface area contributed by atoms with Crippen LogP contribution >= 0.6 is 0 Å². The summed E-state index contributed by atoms with van der Waals surface area (Å²) in [6.07, 6.45) is 0. The van der Waals surface area contributed by atoms with Crippen LogP contribution in [-0.4, -0.2) is 0 Å². The zero-order valence-electron chi connectivity index (χ0n) is 25.4. The summed E-state index contributed by atoms with van der Waals surface area (Å²) in [5, 5.41) is 2.56. The molecule has 214 valence electrons. The number of hydrogen-bond donors (Lipinski definition) is 0. The molecule has 9 rings (SSSR count). The second-order valence-electron chi connectivity index (χ2n) is 12.8. The number of ether oxygens (including phenoxy) is 1. The summed E-state index contributed by atoms with van der Waals surface area (Å²) in [6.45, 7) is 4.73. The van der Waals surface area contributed by atoms with Gasteiger partial charge in [-0.1, -0.05) is 121 Å². The predicted octanol–water partition coefficient (Wildman–Crippen LogP) is 11.3. The van der Waals surface area contributed by atoms with E-state index < -0.39 is 0 Å². The van der Waals surface area contributed by atoms with Crippen LogP contribution < -0.4 is 4.74 Å². The van der Waals surface area contributed by atoms with Crippen molar-refractivity contribution in [1.82, 2.24) is 0 Å². The number of para-hydroxylation sites is 1.